The highest BCUT2D eigenvalue weighted by Crippen LogP contribution is 2.28. The maximum absolute atomic E-state index is 13.4. The molecule has 0 unspecified atom stereocenters. The molecule has 0 bridgehead atoms. The topological polar surface area (TPSA) is 154 Å². The summed E-state index contributed by atoms with van der Waals surface area (Å²) in [5.74, 6) is -0.0683. The van der Waals surface area contributed by atoms with E-state index >= 15 is 0 Å². The molecule has 2 saturated heterocycles. The molecular formula is C26H26N6O6S3. The van der Waals surface area contributed by atoms with Crippen molar-refractivity contribution in [2.24, 2.45) is 5.16 Å². The van der Waals surface area contributed by atoms with Crippen LogP contribution in [-0.2, 0) is 30.8 Å². The lowest BCUT2D eigenvalue weighted by Crippen LogP contribution is -2.25. The molecule has 214 valence electrons. The zero-order valence-corrected chi connectivity index (χ0v) is 24.1. The third-order valence-electron chi connectivity index (χ3n) is 6.58. The van der Waals surface area contributed by atoms with Crippen LogP contribution in [0.2, 0.25) is 0 Å². The van der Waals surface area contributed by atoms with E-state index in [0.717, 1.165) is 19.5 Å². The molecule has 12 nitrogen and oxygen atoms in total. The molecule has 5 heterocycles. The molecule has 0 aliphatic carbocycles. The van der Waals surface area contributed by atoms with E-state index in [4.69, 9.17) is 14.3 Å². The van der Waals surface area contributed by atoms with E-state index < -0.39 is 21.0 Å². The van der Waals surface area contributed by atoms with Crippen LogP contribution in [0.15, 0.2) is 58.0 Å². The number of amides is 1. The minimum Gasteiger partial charge on any atom is -0.473 e. The summed E-state index contributed by atoms with van der Waals surface area (Å²) in [6, 6.07) is 9.57. The maximum atomic E-state index is 13.4. The molecular weight excluding hydrogens is 589 g/mol. The number of benzene rings is 1. The number of hydrogen-bond acceptors (Lipinski definition) is 13. The minimum atomic E-state index is -3.56. The van der Waals surface area contributed by atoms with E-state index in [1.54, 1.807) is 18.3 Å². The molecule has 15 heteroatoms. The Bertz CT molecular complexity index is 1640. The highest BCUT2D eigenvalue weighted by molar-refractivity contribution is 7.92. The second-order valence-electron chi connectivity index (χ2n) is 9.37. The van der Waals surface area contributed by atoms with E-state index in [-0.39, 0.29) is 29.9 Å². The lowest BCUT2D eigenvalue weighted by atomic mass is 10.1. The van der Waals surface area contributed by atoms with Crippen LogP contribution in [0, 0.1) is 0 Å². The van der Waals surface area contributed by atoms with Crippen molar-refractivity contribution in [3.8, 4) is 5.88 Å². The second-order valence-corrected chi connectivity index (χ2v) is 13.6. The lowest BCUT2D eigenvalue weighted by molar-refractivity contribution is -0.110. The molecule has 0 spiro atoms. The molecule has 6 rings (SSSR count). The first kappa shape index (κ1) is 27.7. The van der Waals surface area contributed by atoms with Gasteiger partial charge in [0, 0.05) is 36.4 Å². The molecule has 0 saturated carbocycles. The third kappa shape index (κ3) is 6.38. The summed E-state index contributed by atoms with van der Waals surface area (Å²) in [7, 11) is -3.56. The molecule has 3 aromatic heterocycles. The van der Waals surface area contributed by atoms with Crippen LogP contribution in [-0.4, -0.2) is 72.6 Å². The largest absolute Gasteiger partial charge is 0.473 e. The number of carbonyl (C=O) groups excluding carboxylic acids is 1. The number of anilines is 1. The number of thiazole rings is 2. The van der Waals surface area contributed by atoms with Crippen LogP contribution in [0.3, 0.4) is 0 Å². The van der Waals surface area contributed by atoms with Crippen molar-refractivity contribution in [1.29, 1.82) is 0 Å². The van der Waals surface area contributed by atoms with Crippen LogP contribution >= 0.6 is 22.7 Å². The van der Waals surface area contributed by atoms with Crippen molar-refractivity contribution in [1.82, 2.24) is 20.3 Å². The first-order chi connectivity index (χ1) is 20.0. The van der Waals surface area contributed by atoms with Gasteiger partial charge in [-0.05, 0) is 37.6 Å². The maximum Gasteiger partial charge on any atom is 0.280 e. The van der Waals surface area contributed by atoms with Crippen LogP contribution < -0.4 is 15.4 Å². The zero-order valence-electron chi connectivity index (χ0n) is 21.7. The summed E-state index contributed by atoms with van der Waals surface area (Å²) in [5.41, 5.74) is 0.953. The average molecular weight is 615 g/mol. The van der Waals surface area contributed by atoms with Crippen molar-refractivity contribution < 1.29 is 27.5 Å². The zero-order chi connectivity index (χ0) is 28.2. The van der Waals surface area contributed by atoms with E-state index in [1.807, 2.05) is 5.38 Å². The Morgan fingerprint density at radius 1 is 1.17 bits per heavy atom. The fraction of sp³-hybridized carbons (Fsp3) is 0.346. The fourth-order valence-corrected chi connectivity index (χ4v) is 7.36. The van der Waals surface area contributed by atoms with E-state index in [2.05, 4.69) is 30.7 Å². The van der Waals surface area contributed by atoms with Gasteiger partial charge in [-0.3, -0.25) is 10.1 Å². The lowest BCUT2D eigenvalue weighted by Gasteiger charge is -2.11. The summed E-state index contributed by atoms with van der Waals surface area (Å²) in [6.45, 7) is 2.36. The van der Waals surface area contributed by atoms with E-state index in [9.17, 15) is 13.2 Å². The van der Waals surface area contributed by atoms with Gasteiger partial charge in [0.2, 0.25) is 5.88 Å². The summed E-state index contributed by atoms with van der Waals surface area (Å²) in [4.78, 5) is 32.8. The molecule has 2 aliphatic rings. The normalized spacial score (nSPS) is 19.5. The Labute approximate surface area is 243 Å². The number of pyridine rings is 1. The highest BCUT2D eigenvalue weighted by atomic mass is 32.2. The molecule has 2 N–H and O–H groups in total. The number of nitrogens with zero attached hydrogens (tertiary/aromatic N) is 4. The SMILES string of the molecule is O=C(Nc1nc2ccc(O[C@H]3CCNC3)nc2s1)/C(=N/OCc1nccs1)c1ccc(S(=O)(=O)[C@H]2CCOC2)cc1. The Balaban J connectivity index is 1.22. The Morgan fingerprint density at radius 3 is 2.78 bits per heavy atom. The monoisotopic (exact) mass is 614 g/mol. The van der Waals surface area contributed by atoms with Crippen molar-refractivity contribution in [2.45, 2.75) is 35.7 Å². The quantitative estimate of drug-likeness (QED) is 0.201. The highest BCUT2D eigenvalue weighted by Gasteiger charge is 2.31. The second kappa shape index (κ2) is 12.2. The predicted octanol–water partition coefficient (Wildman–Crippen LogP) is 3.01. The van der Waals surface area contributed by atoms with Crippen LogP contribution in [0.4, 0.5) is 5.13 Å². The van der Waals surface area contributed by atoms with Crippen LogP contribution in [0.5, 0.6) is 5.88 Å². The van der Waals surface area contributed by atoms with Gasteiger partial charge in [-0.15, -0.1) is 11.3 Å². The molecule has 1 amide bonds. The number of ether oxygens (including phenoxy) is 2. The number of oxime groups is 1. The van der Waals surface area contributed by atoms with Gasteiger partial charge in [0.25, 0.3) is 5.91 Å². The molecule has 2 fully saturated rings. The van der Waals surface area contributed by atoms with E-state index in [1.165, 1.54) is 46.9 Å². The predicted molar refractivity (Wildman–Crippen MR) is 154 cm³/mol. The molecule has 4 aromatic rings. The van der Waals surface area contributed by atoms with Crippen molar-refractivity contribution in [3.05, 3.63) is 58.5 Å². The number of hydrogen-bond donors (Lipinski definition) is 2. The summed E-state index contributed by atoms with van der Waals surface area (Å²) in [5, 5.41) is 12.4. The van der Waals surface area contributed by atoms with Gasteiger partial charge < -0.3 is 19.6 Å². The molecule has 41 heavy (non-hydrogen) atoms. The number of sulfone groups is 1. The van der Waals surface area contributed by atoms with Gasteiger partial charge in [0.05, 0.1) is 16.8 Å². The van der Waals surface area contributed by atoms with Crippen molar-refractivity contribution in [2.75, 3.05) is 31.6 Å². The van der Waals surface area contributed by atoms with E-state index in [0.29, 0.717) is 45.0 Å². The summed E-state index contributed by atoms with van der Waals surface area (Å²) >= 11 is 2.61. The number of nitrogens with one attached hydrogen (secondary N) is 2. The molecule has 1 aromatic carbocycles. The van der Waals surface area contributed by atoms with Crippen LogP contribution in [0.25, 0.3) is 10.3 Å². The van der Waals surface area contributed by atoms with Gasteiger partial charge in [-0.25, -0.2) is 23.4 Å². The Hall–Kier alpha value is -3.50. The van der Waals surface area contributed by atoms with Gasteiger partial charge in [-0.1, -0.05) is 28.6 Å². The average Bonchev–Trinajstić information content (AvgIpc) is 3.79. The summed E-state index contributed by atoms with van der Waals surface area (Å²) in [6.07, 6.45) is 3.09. The molecule has 2 aliphatic heterocycles. The number of carbonyl (C=O) groups is 1. The number of rotatable bonds is 10. The molecule has 0 radical (unpaired) electrons. The minimum absolute atomic E-state index is 0.0420. The Morgan fingerprint density at radius 2 is 2.05 bits per heavy atom. The van der Waals surface area contributed by atoms with Crippen molar-refractivity contribution >= 4 is 59.6 Å². The first-order valence-electron chi connectivity index (χ1n) is 12.9. The van der Waals surface area contributed by atoms with Crippen molar-refractivity contribution in [3.63, 3.8) is 0 Å². The molecule has 2 atom stereocenters. The Kier molecular flexibility index (Phi) is 8.20. The van der Waals surface area contributed by atoms with Gasteiger partial charge in [0.15, 0.2) is 27.3 Å². The third-order valence-corrected chi connectivity index (χ3v) is 10.4. The summed E-state index contributed by atoms with van der Waals surface area (Å²) < 4.78 is 37.1. The number of aromatic nitrogens is 3. The van der Waals surface area contributed by atoms with Gasteiger partial charge in [-0.2, -0.15) is 0 Å². The first-order valence-corrected chi connectivity index (χ1v) is 16.2. The van der Waals surface area contributed by atoms with Crippen LogP contribution in [0.1, 0.15) is 23.4 Å². The van der Waals surface area contributed by atoms with Gasteiger partial charge in [0.1, 0.15) is 21.5 Å². The standard InChI is InChI=1S/C26H26N6O6S3/c33-24(31-26-29-20-5-6-21(30-25(20)40-26)38-17-7-9-27-13-17)23(32-37-15-22-28-10-12-39-22)16-1-3-18(4-2-16)41(34,35)19-8-11-36-14-19/h1-6,10,12,17,19,27H,7-9,11,13-15H2,(H,29,31,33)/b32-23+/t17-,19-/m0/s1. The smallest absolute Gasteiger partial charge is 0.280 e. The fourth-order valence-electron chi connectivity index (χ4n) is 4.43. The number of fused-ring (bicyclic) bond motifs is 1. The van der Waals surface area contributed by atoms with Gasteiger partial charge >= 0.3 is 0 Å².